The molecular formula is C20H22N2O6S. The highest BCUT2D eigenvalue weighted by atomic mass is 32.2. The van der Waals surface area contributed by atoms with E-state index in [9.17, 15) is 23.1 Å². The molecule has 29 heavy (non-hydrogen) atoms. The molecule has 1 amide bonds. The van der Waals surface area contributed by atoms with Gasteiger partial charge < -0.3 is 15.2 Å². The number of ether oxygens (including phenoxy) is 1. The number of sulfonamides is 1. The highest BCUT2D eigenvalue weighted by molar-refractivity contribution is 7.88. The van der Waals surface area contributed by atoms with Crippen LogP contribution in [0.5, 0.6) is 0 Å². The fourth-order valence-electron chi connectivity index (χ4n) is 3.43. The van der Waals surface area contributed by atoms with Gasteiger partial charge >= 0.3 is 12.1 Å². The Labute approximate surface area is 168 Å². The Morgan fingerprint density at radius 2 is 1.62 bits per heavy atom. The molecule has 9 heteroatoms. The number of aliphatic carboxylic acids is 1. The van der Waals surface area contributed by atoms with Crippen LogP contribution in [0.3, 0.4) is 0 Å². The number of carboxylic acids is 1. The van der Waals surface area contributed by atoms with Crippen LogP contribution in [0, 0.1) is 0 Å². The van der Waals surface area contributed by atoms with E-state index in [2.05, 4.69) is 10.0 Å². The summed E-state index contributed by atoms with van der Waals surface area (Å²) >= 11 is 0. The zero-order chi connectivity index (χ0) is 21.0. The number of hydrogen-bond acceptors (Lipinski definition) is 5. The summed E-state index contributed by atoms with van der Waals surface area (Å²) in [5, 5.41) is 11.5. The fourth-order valence-corrected chi connectivity index (χ4v) is 3.92. The molecule has 0 spiro atoms. The van der Waals surface area contributed by atoms with Gasteiger partial charge in [-0.2, -0.15) is 0 Å². The Bertz CT molecular complexity index is 976. The van der Waals surface area contributed by atoms with Gasteiger partial charge in [-0.15, -0.1) is 0 Å². The summed E-state index contributed by atoms with van der Waals surface area (Å²) in [6, 6.07) is 14.5. The van der Waals surface area contributed by atoms with Gasteiger partial charge in [0.05, 0.1) is 6.26 Å². The average Bonchev–Trinajstić information content (AvgIpc) is 2.98. The molecule has 0 bridgehead atoms. The number of amides is 1. The van der Waals surface area contributed by atoms with Crippen LogP contribution in [0.1, 0.15) is 23.5 Å². The lowest BCUT2D eigenvalue weighted by Crippen LogP contribution is -2.43. The molecule has 3 N–H and O–H groups in total. The predicted octanol–water partition coefficient (Wildman–Crippen LogP) is 1.92. The van der Waals surface area contributed by atoms with Crippen LogP contribution in [0.4, 0.5) is 4.79 Å². The van der Waals surface area contributed by atoms with Gasteiger partial charge in [-0.25, -0.2) is 22.7 Å². The van der Waals surface area contributed by atoms with E-state index in [1.807, 2.05) is 48.5 Å². The Kier molecular flexibility index (Phi) is 6.19. The molecule has 0 unspecified atom stereocenters. The third-order valence-corrected chi connectivity index (χ3v) is 5.46. The SMILES string of the molecule is CS(=O)(=O)NCC[C@H](NC(=O)OCC1c2ccccc2-c2ccccc21)C(=O)O. The summed E-state index contributed by atoms with van der Waals surface area (Å²) < 4.78 is 29.7. The quantitative estimate of drug-likeness (QED) is 0.602. The molecule has 1 atom stereocenters. The van der Waals surface area contributed by atoms with Gasteiger partial charge in [-0.1, -0.05) is 48.5 Å². The van der Waals surface area contributed by atoms with Crippen molar-refractivity contribution in [3.05, 3.63) is 59.7 Å². The number of carboxylic acid groups (broad SMARTS) is 1. The summed E-state index contributed by atoms with van der Waals surface area (Å²) in [5.74, 6) is -1.41. The van der Waals surface area contributed by atoms with Crippen LogP contribution in [0.2, 0.25) is 0 Å². The van der Waals surface area contributed by atoms with Gasteiger partial charge in [0.15, 0.2) is 0 Å². The van der Waals surface area contributed by atoms with Crippen LogP contribution in [-0.4, -0.2) is 51.0 Å². The van der Waals surface area contributed by atoms with Crippen molar-refractivity contribution in [1.82, 2.24) is 10.0 Å². The standard InChI is InChI=1S/C20H22N2O6S/c1-29(26,27)21-11-10-18(19(23)24)22-20(25)28-12-17-15-8-4-2-6-13(15)14-7-3-5-9-16(14)17/h2-9,17-18,21H,10-12H2,1H3,(H,22,25)(H,23,24)/t18-/m0/s1. The maximum absolute atomic E-state index is 12.2. The van der Waals surface area contributed by atoms with Gasteiger partial charge in [0.2, 0.25) is 10.0 Å². The van der Waals surface area contributed by atoms with E-state index in [0.29, 0.717) is 0 Å². The normalized spacial score (nSPS) is 14.0. The molecule has 0 saturated carbocycles. The van der Waals surface area contributed by atoms with Gasteiger partial charge in [0, 0.05) is 12.5 Å². The van der Waals surface area contributed by atoms with Gasteiger partial charge in [0.1, 0.15) is 12.6 Å². The number of hydrogen-bond donors (Lipinski definition) is 3. The first-order chi connectivity index (χ1) is 13.8. The zero-order valence-corrected chi connectivity index (χ0v) is 16.6. The van der Waals surface area contributed by atoms with Crippen LogP contribution in [-0.2, 0) is 19.6 Å². The largest absolute Gasteiger partial charge is 0.480 e. The fraction of sp³-hybridized carbons (Fsp3) is 0.300. The zero-order valence-electron chi connectivity index (χ0n) is 15.8. The Hall–Kier alpha value is -2.91. The first-order valence-electron chi connectivity index (χ1n) is 9.05. The molecule has 1 aliphatic rings. The lowest BCUT2D eigenvalue weighted by molar-refractivity contribution is -0.139. The number of carbonyl (C=O) groups excluding carboxylic acids is 1. The molecule has 1 aliphatic carbocycles. The molecule has 0 radical (unpaired) electrons. The van der Waals surface area contributed by atoms with Crippen LogP contribution >= 0.6 is 0 Å². The second-order valence-electron chi connectivity index (χ2n) is 6.82. The van der Waals surface area contributed by atoms with Crippen molar-refractivity contribution in [3.63, 3.8) is 0 Å². The minimum atomic E-state index is -3.44. The van der Waals surface area contributed by atoms with Crippen molar-refractivity contribution in [2.75, 3.05) is 19.4 Å². The topological polar surface area (TPSA) is 122 Å². The van der Waals surface area contributed by atoms with Crippen molar-refractivity contribution < 1.29 is 27.9 Å². The van der Waals surface area contributed by atoms with E-state index in [1.165, 1.54) is 0 Å². The molecule has 154 valence electrons. The number of carbonyl (C=O) groups is 2. The van der Waals surface area contributed by atoms with Gasteiger partial charge in [0.25, 0.3) is 0 Å². The number of alkyl carbamates (subject to hydrolysis) is 1. The molecule has 0 fully saturated rings. The summed E-state index contributed by atoms with van der Waals surface area (Å²) in [5.41, 5.74) is 4.28. The molecule has 0 saturated heterocycles. The van der Waals surface area contributed by atoms with Gasteiger partial charge in [-0.05, 0) is 28.7 Å². The first kappa shape index (κ1) is 20.8. The maximum Gasteiger partial charge on any atom is 0.407 e. The van der Waals surface area contributed by atoms with Crippen molar-refractivity contribution >= 4 is 22.1 Å². The highest BCUT2D eigenvalue weighted by Crippen LogP contribution is 2.44. The Balaban J connectivity index is 1.62. The first-order valence-corrected chi connectivity index (χ1v) is 10.9. The number of rotatable bonds is 8. The number of nitrogens with one attached hydrogen (secondary N) is 2. The third kappa shape index (κ3) is 5.12. The molecule has 0 aromatic heterocycles. The molecule has 0 heterocycles. The molecule has 8 nitrogen and oxygen atoms in total. The van der Waals surface area contributed by atoms with E-state index < -0.39 is 28.1 Å². The number of benzene rings is 2. The molecule has 2 aromatic rings. The molecule has 2 aromatic carbocycles. The predicted molar refractivity (Wildman–Crippen MR) is 107 cm³/mol. The monoisotopic (exact) mass is 418 g/mol. The molecule has 0 aliphatic heterocycles. The van der Waals surface area contributed by atoms with E-state index in [1.54, 1.807) is 0 Å². The van der Waals surface area contributed by atoms with Crippen molar-refractivity contribution in [3.8, 4) is 11.1 Å². The van der Waals surface area contributed by atoms with Crippen LogP contribution < -0.4 is 10.0 Å². The van der Waals surface area contributed by atoms with Crippen molar-refractivity contribution in [1.29, 1.82) is 0 Å². The molecular weight excluding hydrogens is 396 g/mol. The third-order valence-electron chi connectivity index (χ3n) is 4.73. The van der Waals surface area contributed by atoms with Crippen LogP contribution in [0.15, 0.2) is 48.5 Å². The van der Waals surface area contributed by atoms with E-state index in [4.69, 9.17) is 4.74 Å². The minimum Gasteiger partial charge on any atom is -0.480 e. The summed E-state index contributed by atoms with van der Waals surface area (Å²) in [6.07, 6.45) is 0.00700. The van der Waals surface area contributed by atoms with E-state index >= 15 is 0 Å². The average molecular weight is 418 g/mol. The smallest absolute Gasteiger partial charge is 0.407 e. The van der Waals surface area contributed by atoms with E-state index in [-0.39, 0.29) is 25.5 Å². The maximum atomic E-state index is 12.2. The Morgan fingerprint density at radius 3 is 2.14 bits per heavy atom. The summed E-state index contributed by atoms with van der Waals surface area (Å²) in [6.45, 7) is -0.0484. The number of fused-ring (bicyclic) bond motifs is 3. The lowest BCUT2D eigenvalue weighted by Gasteiger charge is -2.17. The van der Waals surface area contributed by atoms with Crippen molar-refractivity contribution in [2.24, 2.45) is 0 Å². The second-order valence-corrected chi connectivity index (χ2v) is 8.65. The van der Waals surface area contributed by atoms with E-state index in [0.717, 1.165) is 28.5 Å². The summed E-state index contributed by atoms with van der Waals surface area (Å²) in [7, 11) is -3.44. The highest BCUT2D eigenvalue weighted by Gasteiger charge is 2.29. The minimum absolute atomic E-state index is 0.0633. The van der Waals surface area contributed by atoms with Gasteiger partial charge in [-0.3, -0.25) is 0 Å². The van der Waals surface area contributed by atoms with Crippen molar-refractivity contribution in [2.45, 2.75) is 18.4 Å². The lowest BCUT2D eigenvalue weighted by atomic mass is 9.98. The second kappa shape index (κ2) is 8.62. The summed E-state index contributed by atoms with van der Waals surface area (Å²) in [4.78, 5) is 23.5. The Morgan fingerprint density at radius 1 is 1.07 bits per heavy atom. The molecule has 3 rings (SSSR count). The van der Waals surface area contributed by atoms with Crippen LogP contribution in [0.25, 0.3) is 11.1 Å².